The van der Waals surface area contributed by atoms with Gasteiger partial charge in [0.15, 0.2) is 0 Å². The molecular weight excluding hydrogens is 352 g/mol. The molecule has 0 aromatic heterocycles. The Morgan fingerprint density at radius 3 is 2.48 bits per heavy atom. The second-order valence-electron chi connectivity index (χ2n) is 5.53. The molecule has 0 aliphatic carbocycles. The Hall–Kier alpha value is -3.29. The molecular formula is C19H22N2O6. The van der Waals surface area contributed by atoms with Crippen molar-refractivity contribution >= 4 is 18.0 Å². The van der Waals surface area contributed by atoms with Gasteiger partial charge < -0.3 is 24.8 Å². The molecule has 2 N–H and O–H groups in total. The van der Waals surface area contributed by atoms with Gasteiger partial charge in [-0.1, -0.05) is 18.2 Å². The Morgan fingerprint density at radius 1 is 1.19 bits per heavy atom. The average molecular weight is 374 g/mol. The van der Waals surface area contributed by atoms with Gasteiger partial charge in [-0.15, -0.1) is 0 Å². The maximum Gasteiger partial charge on any atom is 0.338 e. The van der Waals surface area contributed by atoms with Crippen LogP contribution in [0.15, 0.2) is 47.7 Å². The number of esters is 2. The quantitative estimate of drug-likeness (QED) is 0.559. The fourth-order valence-electron chi connectivity index (χ4n) is 2.56. The van der Waals surface area contributed by atoms with E-state index in [1.807, 2.05) is 0 Å². The number of methoxy groups -OCH3 is 1. The fourth-order valence-corrected chi connectivity index (χ4v) is 2.56. The minimum atomic E-state index is -0.751. The topological polar surface area (TPSA) is 103 Å². The van der Waals surface area contributed by atoms with E-state index in [9.17, 15) is 14.4 Å². The largest absolute Gasteiger partial charge is 0.497 e. The number of carbonyl (C=O) groups is 3. The number of hydrogen-bond donors (Lipinski definition) is 2. The van der Waals surface area contributed by atoms with Crippen molar-refractivity contribution in [2.75, 3.05) is 20.3 Å². The second kappa shape index (κ2) is 9.42. The number of amides is 2. The molecule has 1 aromatic carbocycles. The lowest BCUT2D eigenvalue weighted by Crippen LogP contribution is -2.47. The zero-order valence-electron chi connectivity index (χ0n) is 15.4. The monoisotopic (exact) mass is 374 g/mol. The van der Waals surface area contributed by atoms with Crippen molar-refractivity contribution in [2.24, 2.45) is 0 Å². The molecule has 0 saturated heterocycles. The van der Waals surface area contributed by atoms with E-state index in [1.54, 1.807) is 45.2 Å². The molecule has 0 fully saturated rings. The molecule has 2 amide bonds. The molecule has 8 nitrogen and oxygen atoms in total. The summed E-state index contributed by atoms with van der Waals surface area (Å²) in [5, 5.41) is 5.23. The number of nitrogens with one attached hydrogen (secondary N) is 2. The van der Waals surface area contributed by atoms with Crippen molar-refractivity contribution in [3.63, 3.8) is 0 Å². The first-order chi connectivity index (χ1) is 13.0. The van der Waals surface area contributed by atoms with Crippen LogP contribution in [0.4, 0.5) is 4.79 Å². The lowest BCUT2D eigenvalue weighted by molar-refractivity contribution is -0.140. The number of rotatable bonds is 7. The third kappa shape index (κ3) is 5.10. The van der Waals surface area contributed by atoms with E-state index in [4.69, 9.17) is 14.2 Å². The van der Waals surface area contributed by atoms with Crippen LogP contribution in [0.5, 0.6) is 5.75 Å². The molecule has 144 valence electrons. The highest BCUT2D eigenvalue weighted by Crippen LogP contribution is 2.29. The molecule has 27 heavy (non-hydrogen) atoms. The van der Waals surface area contributed by atoms with E-state index >= 15 is 0 Å². The van der Waals surface area contributed by atoms with Gasteiger partial charge in [0.1, 0.15) is 12.4 Å². The molecule has 1 aliphatic heterocycles. The van der Waals surface area contributed by atoms with E-state index in [0.29, 0.717) is 11.3 Å². The molecule has 1 aromatic rings. The smallest absolute Gasteiger partial charge is 0.338 e. The van der Waals surface area contributed by atoms with E-state index in [0.717, 1.165) is 0 Å². The van der Waals surface area contributed by atoms with E-state index < -0.39 is 24.0 Å². The molecule has 0 bridgehead atoms. The summed E-state index contributed by atoms with van der Waals surface area (Å²) in [6.45, 7) is 3.26. The van der Waals surface area contributed by atoms with E-state index in [-0.39, 0.29) is 24.5 Å². The summed E-state index contributed by atoms with van der Waals surface area (Å²) in [5.74, 6) is -0.550. The van der Waals surface area contributed by atoms with Crippen LogP contribution >= 0.6 is 0 Å². The maximum atomic E-state index is 12.5. The van der Waals surface area contributed by atoms with Gasteiger partial charge in [-0.2, -0.15) is 0 Å². The molecule has 1 unspecified atom stereocenters. The number of allylic oxidation sites excluding steroid dienone is 1. The van der Waals surface area contributed by atoms with Crippen LogP contribution in [0.25, 0.3) is 0 Å². The number of benzene rings is 1. The third-order valence-electron chi connectivity index (χ3n) is 3.76. The number of carbonyl (C=O) groups excluding carboxylic acids is 3. The lowest BCUT2D eigenvalue weighted by atomic mass is 9.95. The van der Waals surface area contributed by atoms with E-state index in [1.165, 1.54) is 12.2 Å². The van der Waals surface area contributed by atoms with Gasteiger partial charge in [-0.05, 0) is 31.5 Å². The van der Waals surface area contributed by atoms with Gasteiger partial charge in [0.2, 0.25) is 0 Å². The fraction of sp³-hybridized carbons (Fsp3) is 0.316. The highest BCUT2D eigenvalue weighted by atomic mass is 16.5. The highest BCUT2D eigenvalue weighted by Gasteiger charge is 2.34. The Labute approximate surface area is 157 Å². The minimum Gasteiger partial charge on any atom is -0.497 e. The standard InChI is InChI=1S/C19H22N2O6/c1-4-6-15(22)27-11-14-16(18(23)26-5-2)17(21-19(24)20-14)12-7-9-13(25-3)10-8-12/h4,6-10,17H,5,11H2,1-3H3,(H2,20,21,24)/b6-4+. The van der Waals surface area contributed by atoms with Crippen LogP contribution in [0.1, 0.15) is 25.5 Å². The van der Waals surface area contributed by atoms with Crippen molar-refractivity contribution in [2.45, 2.75) is 19.9 Å². The summed E-state index contributed by atoms with van der Waals surface area (Å²) in [7, 11) is 1.54. The summed E-state index contributed by atoms with van der Waals surface area (Å²) in [6.07, 6.45) is 2.78. The van der Waals surface area contributed by atoms with Gasteiger partial charge >= 0.3 is 18.0 Å². The van der Waals surface area contributed by atoms with Gasteiger partial charge in [0.05, 0.1) is 31.0 Å². The van der Waals surface area contributed by atoms with Crippen LogP contribution in [0.2, 0.25) is 0 Å². The highest BCUT2D eigenvalue weighted by molar-refractivity contribution is 5.95. The predicted octanol–water partition coefficient (Wildman–Crippen LogP) is 1.99. The van der Waals surface area contributed by atoms with Gasteiger partial charge in [-0.3, -0.25) is 0 Å². The molecule has 8 heteroatoms. The molecule has 0 spiro atoms. The first-order valence-corrected chi connectivity index (χ1v) is 8.41. The number of urea groups is 1. The molecule has 1 heterocycles. The normalized spacial score (nSPS) is 16.6. The first-order valence-electron chi connectivity index (χ1n) is 8.41. The van der Waals surface area contributed by atoms with Crippen molar-refractivity contribution in [1.82, 2.24) is 10.6 Å². The number of hydrogen-bond acceptors (Lipinski definition) is 6. The Bertz CT molecular complexity index is 767. The third-order valence-corrected chi connectivity index (χ3v) is 3.76. The Balaban J connectivity index is 2.41. The van der Waals surface area contributed by atoms with Gasteiger partial charge in [0, 0.05) is 6.08 Å². The second-order valence-corrected chi connectivity index (χ2v) is 5.53. The van der Waals surface area contributed by atoms with Crippen LogP contribution in [-0.4, -0.2) is 38.3 Å². The summed E-state index contributed by atoms with van der Waals surface area (Å²) in [4.78, 5) is 36.2. The molecule has 2 rings (SSSR count). The average Bonchev–Trinajstić information content (AvgIpc) is 2.66. The minimum absolute atomic E-state index is 0.164. The maximum absolute atomic E-state index is 12.5. The zero-order valence-corrected chi connectivity index (χ0v) is 15.4. The SMILES string of the molecule is C/C=C/C(=O)OCC1=C(C(=O)OCC)C(c2ccc(OC)cc2)NC(=O)N1. The van der Waals surface area contributed by atoms with Crippen LogP contribution in [-0.2, 0) is 19.1 Å². The molecule has 1 atom stereocenters. The van der Waals surface area contributed by atoms with Crippen LogP contribution in [0.3, 0.4) is 0 Å². The van der Waals surface area contributed by atoms with Crippen LogP contribution in [0, 0.1) is 0 Å². The summed E-state index contributed by atoms with van der Waals surface area (Å²) >= 11 is 0. The van der Waals surface area contributed by atoms with E-state index in [2.05, 4.69) is 10.6 Å². The molecule has 1 aliphatic rings. The van der Waals surface area contributed by atoms with Gasteiger partial charge in [-0.25, -0.2) is 14.4 Å². The number of ether oxygens (including phenoxy) is 3. The summed E-state index contributed by atoms with van der Waals surface area (Å²) < 4.78 is 15.4. The predicted molar refractivity (Wildman–Crippen MR) is 96.8 cm³/mol. The Kier molecular flexibility index (Phi) is 6.99. The van der Waals surface area contributed by atoms with Crippen LogP contribution < -0.4 is 15.4 Å². The molecule has 0 saturated carbocycles. The van der Waals surface area contributed by atoms with Crippen molar-refractivity contribution < 1.29 is 28.6 Å². The van der Waals surface area contributed by atoms with Crippen molar-refractivity contribution in [1.29, 1.82) is 0 Å². The summed E-state index contributed by atoms with van der Waals surface area (Å²) in [6, 6.07) is 5.64. The lowest BCUT2D eigenvalue weighted by Gasteiger charge is -2.29. The van der Waals surface area contributed by atoms with Crippen molar-refractivity contribution in [3.05, 3.63) is 53.3 Å². The first kappa shape index (κ1) is 20.0. The Morgan fingerprint density at radius 2 is 1.89 bits per heavy atom. The summed E-state index contributed by atoms with van der Waals surface area (Å²) in [5.41, 5.74) is 1.01. The zero-order chi connectivity index (χ0) is 19.8. The van der Waals surface area contributed by atoms with Crippen molar-refractivity contribution in [3.8, 4) is 5.75 Å². The molecule has 0 radical (unpaired) electrons. The van der Waals surface area contributed by atoms with Gasteiger partial charge in [0.25, 0.3) is 0 Å².